The molecule has 2 atom stereocenters. The number of esters is 2. The number of rotatable bonds is 2. The first kappa shape index (κ1) is 14.8. The quantitative estimate of drug-likeness (QED) is 0.726. The number of carbonyl (C=O) groups is 2. The number of fused-ring (bicyclic) bond motifs is 2. The van der Waals surface area contributed by atoms with Crippen molar-refractivity contribution in [3.63, 3.8) is 0 Å². The molecule has 0 radical (unpaired) electrons. The van der Waals surface area contributed by atoms with Crippen LogP contribution in [-0.4, -0.2) is 48.7 Å². The van der Waals surface area contributed by atoms with Crippen molar-refractivity contribution in [1.82, 2.24) is 4.90 Å². The second kappa shape index (κ2) is 4.45. The largest absolute Gasteiger partial charge is 0.459 e. The van der Waals surface area contributed by atoms with Gasteiger partial charge in [0.15, 0.2) is 0 Å². The molecule has 0 aromatic rings. The summed E-state index contributed by atoms with van der Waals surface area (Å²) in [6, 6.07) is 0. The van der Waals surface area contributed by atoms with E-state index in [1.54, 1.807) is 0 Å². The first-order valence-electron chi connectivity index (χ1n) is 7.86. The van der Waals surface area contributed by atoms with E-state index in [-0.39, 0.29) is 18.0 Å². The SMILES string of the molecule is CN1CCC(OC(=O)[C@@]23CC[C@@](C)(C(=O)O2)C3(C)C)CC1. The summed E-state index contributed by atoms with van der Waals surface area (Å²) in [5.74, 6) is -0.587. The number of likely N-dealkylation sites (tertiary alicyclic amines) is 1. The van der Waals surface area contributed by atoms with Gasteiger partial charge in [0.1, 0.15) is 6.10 Å². The third-order valence-corrected chi connectivity index (χ3v) is 6.35. The van der Waals surface area contributed by atoms with Crippen LogP contribution in [-0.2, 0) is 19.1 Å². The van der Waals surface area contributed by atoms with E-state index in [4.69, 9.17) is 9.47 Å². The lowest BCUT2D eigenvalue weighted by Gasteiger charge is -2.36. The number of piperidine rings is 1. The molecule has 1 saturated carbocycles. The molecule has 2 heterocycles. The molecule has 2 bridgehead atoms. The predicted octanol–water partition coefficient (Wildman–Crippen LogP) is 1.75. The van der Waals surface area contributed by atoms with E-state index < -0.39 is 16.4 Å². The third-order valence-electron chi connectivity index (χ3n) is 6.35. The summed E-state index contributed by atoms with van der Waals surface area (Å²) in [6.07, 6.45) is 2.92. The van der Waals surface area contributed by atoms with Crippen LogP contribution in [0, 0.1) is 10.8 Å². The van der Waals surface area contributed by atoms with E-state index in [0.29, 0.717) is 12.8 Å². The fourth-order valence-electron chi connectivity index (χ4n) is 4.05. The normalized spacial score (nSPS) is 39.3. The smallest absolute Gasteiger partial charge is 0.351 e. The number of ether oxygens (including phenoxy) is 2. The fourth-order valence-corrected chi connectivity index (χ4v) is 4.05. The molecule has 118 valence electrons. The van der Waals surface area contributed by atoms with Crippen molar-refractivity contribution in [2.75, 3.05) is 20.1 Å². The molecule has 5 heteroatoms. The van der Waals surface area contributed by atoms with Gasteiger partial charge in [-0.3, -0.25) is 4.79 Å². The molecule has 5 nitrogen and oxygen atoms in total. The molecular weight excluding hydrogens is 270 g/mol. The Morgan fingerprint density at radius 2 is 1.86 bits per heavy atom. The van der Waals surface area contributed by atoms with Gasteiger partial charge < -0.3 is 14.4 Å². The fraction of sp³-hybridized carbons (Fsp3) is 0.875. The predicted molar refractivity (Wildman–Crippen MR) is 76.6 cm³/mol. The van der Waals surface area contributed by atoms with Crippen LogP contribution in [0.1, 0.15) is 46.5 Å². The summed E-state index contributed by atoms with van der Waals surface area (Å²) in [4.78, 5) is 27.2. The Balaban J connectivity index is 1.77. The average Bonchev–Trinajstić information content (AvgIpc) is 2.72. The molecule has 0 unspecified atom stereocenters. The van der Waals surface area contributed by atoms with Crippen molar-refractivity contribution < 1.29 is 19.1 Å². The molecule has 0 spiro atoms. The van der Waals surface area contributed by atoms with Crippen molar-refractivity contribution in [3.05, 3.63) is 0 Å². The number of carbonyl (C=O) groups excluding carboxylic acids is 2. The zero-order valence-corrected chi connectivity index (χ0v) is 13.4. The van der Waals surface area contributed by atoms with Crippen LogP contribution in [0.15, 0.2) is 0 Å². The monoisotopic (exact) mass is 295 g/mol. The lowest BCUT2D eigenvalue weighted by atomic mass is 9.66. The van der Waals surface area contributed by atoms with Crippen molar-refractivity contribution >= 4 is 11.9 Å². The molecule has 21 heavy (non-hydrogen) atoms. The highest BCUT2D eigenvalue weighted by Gasteiger charge is 2.76. The van der Waals surface area contributed by atoms with Crippen LogP contribution in [0.4, 0.5) is 0 Å². The Morgan fingerprint density at radius 1 is 1.24 bits per heavy atom. The van der Waals surface area contributed by atoms with Crippen LogP contribution in [0.25, 0.3) is 0 Å². The lowest BCUT2D eigenvalue weighted by molar-refractivity contribution is -0.188. The van der Waals surface area contributed by atoms with E-state index in [1.807, 2.05) is 20.8 Å². The Kier molecular flexibility index (Phi) is 3.14. The molecule has 0 aromatic carbocycles. The molecule has 3 fully saturated rings. The van der Waals surface area contributed by atoms with Crippen LogP contribution >= 0.6 is 0 Å². The molecule has 3 aliphatic rings. The molecule has 1 aliphatic carbocycles. The van der Waals surface area contributed by atoms with E-state index in [9.17, 15) is 9.59 Å². The molecule has 0 aromatic heterocycles. The van der Waals surface area contributed by atoms with Gasteiger partial charge in [-0.15, -0.1) is 0 Å². The van der Waals surface area contributed by atoms with E-state index in [0.717, 1.165) is 25.9 Å². The van der Waals surface area contributed by atoms with Crippen molar-refractivity contribution in [1.29, 1.82) is 0 Å². The highest BCUT2D eigenvalue weighted by Crippen LogP contribution is 2.65. The average molecular weight is 295 g/mol. The lowest BCUT2D eigenvalue weighted by Crippen LogP contribution is -2.50. The Bertz CT molecular complexity index is 481. The van der Waals surface area contributed by atoms with Gasteiger partial charge in [-0.1, -0.05) is 13.8 Å². The van der Waals surface area contributed by atoms with Gasteiger partial charge in [-0.25, -0.2) is 4.79 Å². The van der Waals surface area contributed by atoms with Crippen molar-refractivity contribution in [2.24, 2.45) is 10.8 Å². The zero-order valence-electron chi connectivity index (χ0n) is 13.4. The first-order chi connectivity index (χ1) is 9.73. The highest BCUT2D eigenvalue weighted by molar-refractivity contribution is 5.93. The maximum Gasteiger partial charge on any atom is 0.351 e. The van der Waals surface area contributed by atoms with Gasteiger partial charge in [0.25, 0.3) is 0 Å². The summed E-state index contributed by atoms with van der Waals surface area (Å²) in [5, 5.41) is 0. The van der Waals surface area contributed by atoms with E-state index in [1.165, 1.54) is 0 Å². The van der Waals surface area contributed by atoms with Crippen LogP contribution < -0.4 is 0 Å². The van der Waals surface area contributed by atoms with Gasteiger partial charge in [-0.2, -0.15) is 0 Å². The van der Waals surface area contributed by atoms with Gasteiger partial charge in [0.2, 0.25) is 5.60 Å². The molecule has 3 rings (SSSR count). The highest BCUT2D eigenvalue weighted by atomic mass is 16.6. The van der Waals surface area contributed by atoms with Gasteiger partial charge >= 0.3 is 11.9 Å². The summed E-state index contributed by atoms with van der Waals surface area (Å²) in [7, 11) is 2.07. The van der Waals surface area contributed by atoms with Crippen LogP contribution in [0.2, 0.25) is 0 Å². The topological polar surface area (TPSA) is 55.8 Å². The molecule has 0 N–H and O–H groups in total. The Morgan fingerprint density at radius 3 is 2.33 bits per heavy atom. The Hall–Kier alpha value is -1.10. The zero-order chi connectivity index (χ0) is 15.5. The molecule has 0 amide bonds. The van der Waals surface area contributed by atoms with Crippen LogP contribution in [0.5, 0.6) is 0 Å². The van der Waals surface area contributed by atoms with E-state index >= 15 is 0 Å². The minimum Gasteiger partial charge on any atom is -0.459 e. The third kappa shape index (κ3) is 1.79. The first-order valence-corrected chi connectivity index (χ1v) is 7.86. The number of hydrogen-bond donors (Lipinski definition) is 0. The van der Waals surface area contributed by atoms with Crippen molar-refractivity contribution in [2.45, 2.75) is 58.2 Å². The minimum absolute atomic E-state index is 0.0509. The molecule has 2 saturated heterocycles. The minimum atomic E-state index is -1.08. The van der Waals surface area contributed by atoms with Gasteiger partial charge in [-0.05, 0) is 39.7 Å². The summed E-state index contributed by atoms with van der Waals surface area (Å²) < 4.78 is 11.3. The standard InChI is InChI=1S/C16H25NO4/c1-14(2)15(3)7-8-16(14,21-12(15)18)13(19)20-11-5-9-17(4)10-6-11/h11H,5-10H2,1-4H3/t15-,16+/m0/s1. The summed E-state index contributed by atoms with van der Waals surface area (Å²) in [6.45, 7) is 7.70. The Labute approximate surface area is 126 Å². The maximum absolute atomic E-state index is 12.8. The van der Waals surface area contributed by atoms with Gasteiger partial charge in [0.05, 0.1) is 5.41 Å². The summed E-state index contributed by atoms with van der Waals surface area (Å²) in [5.41, 5.74) is -2.17. The second-order valence-corrected chi connectivity index (χ2v) is 7.58. The van der Waals surface area contributed by atoms with Crippen molar-refractivity contribution in [3.8, 4) is 0 Å². The second-order valence-electron chi connectivity index (χ2n) is 7.58. The summed E-state index contributed by atoms with van der Waals surface area (Å²) >= 11 is 0. The molecular formula is C16H25NO4. The number of hydrogen-bond acceptors (Lipinski definition) is 5. The maximum atomic E-state index is 12.8. The van der Waals surface area contributed by atoms with Crippen LogP contribution in [0.3, 0.4) is 0 Å². The molecule has 2 aliphatic heterocycles. The van der Waals surface area contributed by atoms with Gasteiger partial charge in [0, 0.05) is 18.5 Å². The number of nitrogens with zero attached hydrogens (tertiary/aromatic N) is 1. The van der Waals surface area contributed by atoms with E-state index in [2.05, 4.69) is 11.9 Å².